The standard InChI is InChI=1S/C25H30N2O6S/c1-15-20(23(28)31-4)21(19-9-5-7-17-14-32-33-22(17)19)25(24(29)30,16(2)26-15)10-11-27(3)13-18-8-6-12-34-18/h5-9,12,16,21,26H,10-11,13-14H2,1-4H3,(H,29,30). The van der Waals surface area contributed by atoms with Crippen molar-refractivity contribution < 1.29 is 29.2 Å². The van der Waals surface area contributed by atoms with E-state index < -0.39 is 29.3 Å². The summed E-state index contributed by atoms with van der Waals surface area (Å²) in [5.74, 6) is -1.85. The fraction of sp³-hybridized carbons (Fsp3) is 0.440. The molecule has 1 aromatic carbocycles. The first-order valence-corrected chi connectivity index (χ1v) is 12.1. The van der Waals surface area contributed by atoms with Gasteiger partial charge in [0, 0.05) is 40.2 Å². The normalized spacial score (nSPS) is 23.9. The number of nitrogens with one attached hydrogen (secondary N) is 1. The predicted molar refractivity (Wildman–Crippen MR) is 127 cm³/mol. The van der Waals surface area contributed by atoms with Crippen molar-refractivity contribution in [1.82, 2.24) is 10.2 Å². The van der Waals surface area contributed by atoms with Crippen LogP contribution in [0.1, 0.15) is 42.2 Å². The summed E-state index contributed by atoms with van der Waals surface area (Å²) < 4.78 is 5.12. The van der Waals surface area contributed by atoms with Crippen molar-refractivity contribution in [3.63, 3.8) is 0 Å². The van der Waals surface area contributed by atoms with Crippen LogP contribution in [-0.2, 0) is 32.4 Å². The number of carbonyl (C=O) groups is 2. The van der Waals surface area contributed by atoms with E-state index in [2.05, 4.69) is 16.3 Å². The highest BCUT2D eigenvalue weighted by molar-refractivity contribution is 7.09. The quantitative estimate of drug-likeness (QED) is 0.431. The number of hydrogen-bond acceptors (Lipinski definition) is 8. The molecule has 0 aliphatic carbocycles. The number of rotatable bonds is 8. The van der Waals surface area contributed by atoms with Crippen molar-refractivity contribution in [2.24, 2.45) is 5.41 Å². The molecule has 0 bridgehead atoms. The van der Waals surface area contributed by atoms with Gasteiger partial charge in [-0.2, -0.15) is 4.89 Å². The van der Waals surface area contributed by atoms with E-state index in [4.69, 9.17) is 14.5 Å². The van der Waals surface area contributed by atoms with Gasteiger partial charge in [0.25, 0.3) is 0 Å². The molecule has 3 unspecified atom stereocenters. The van der Waals surface area contributed by atoms with Gasteiger partial charge < -0.3 is 24.9 Å². The van der Waals surface area contributed by atoms with Crippen molar-refractivity contribution in [3.05, 3.63) is 63.0 Å². The van der Waals surface area contributed by atoms with Crippen molar-refractivity contribution in [2.75, 3.05) is 20.7 Å². The summed E-state index contributed by atoms with van der Waals surface area (Å²) in [6.07, 6.45) is 0.307. The third-order valence-corrected chi connectivity index (χ3v) is 7.79. The van der Waals surface area contributed by atoms with Gasteiger partial charge in [0.15, 0.2) is 5.75 Å². The second-order valence-electron chi connectivity index (χ2n) is 8.92. The topological polar surface area (TPSA) is 97.3 Å². The van der Waals surface area contributed by atoms with Gasteiger partial charge in [-0.3, -0.25) is 4.79 Å². The maximum atomic E-state index is 13.2. The molecule has 0 radical (unpaired) electrons. The molecule has 0 saturated heterocycles. The van der Waals surface area contributed by atoms with Gasteiger partial charge in [0.05, 0.1) is 12.7 Å². The molecule has 0 amide bonds. The number of methoxy groups -OCH3 is 1. The van der Waals surface area contributed by atoms with E-state index in [1.54, 1.807) is 18.3 Å². The number of esters is 1. The summed E-state index contributed by atoms with van der Waals surface area (Å²) in [7, 11) is 3.29. The Balaban J connectivity index is 1.81. The molecule has 0 spiro atoms. The van der Waals surface area contributed by atoms with Gasteiger partial charge in [0.1, 0.15) is 12.0 Å². The molecule has 4 rings (SSSR count). The van der Waals surface area contributed by atoms with E-state index in [-0.39, 0.29) is 6.61 Å². The molecule has 2 aliphatic rings. The van der Waals surface area contributed by atoms with Gasteiger partial charge in [0.2, 0.25) is 0 Å². The molecule has 0 fully saturated rings. The lowest BCUT2D eigenvalue weighted by atomic mass is 9.60. The molecule has 2 aliphatic heterocycles. The Morgan fingerprint density at radius 1 is 1.32 bits per heavy atom. The van der Waals surface area contributed by atoms with Gasteiger partial charge in [-0.1, -0.05) is 24.3 Å². The minimum atomic E-state index is -1.34. The summed E-state index contributed by atoms with van der Waals surface area (Å²) in [6.45, 7) is 5.15. The predicted octanol–water partition coefficient (Wildman–Crippen LogP) is 3.69. The van der Waals surface area contributed by atoms with Crippen LogP contribution in [0.15, 0.2) is 47.0 Å². The average Bonchev–Trinajstić information content (AvgIpc) is 3.49. The maximum absolute atomic E-state index is 13.2. The zero-order valence-electron chi connectivity index (χ0n) is 19.8. The van der Waals surface area contributed by atoms with Crippen LogP contribution in [0.3, 0.4) is 0 Å². The van der Waals surface area contributed by atoms with E-state index >= 15 is 0 Å². The van der Waals surface area contributed by atoms with E-state index in [1.807, 2.05) is 43.6 Å². The van der Waals surface area contributed by atoms with Crippen LogP contribution in [0.4, 0.5) is 0 Å². The number of carboxylic acid groups (broad SMARTS) is 1. The third kappa shape index (κ3) is 4.19. The van der Waals surface area contributed by atoms with E-state index in [1.165, 1.54) is 12.0 Å². The maximum Gasteiger partial charge on any atom is 0.336 e. The Bertz CT molecular complexity index is 1100. The highest BCUT2D eigenvalue weighted by Gasteiger charge is 2.57. The first-order chi connectivity index (χ1) is 16.3. The number of nitrogens with zero attached hydrogens (tertiary/aromatic N) is 1. The van der Waals surface area contributed by atoms with Gasteiger partial charge in [-0.05, 0) is 45.3 Å². The minimum absolute atomic E-state index is 0.267. The molecule has 3 atom stereocenters. The Hall–Kier alpha value is -2.88. The lowest BCUT2D eigenvalue weighted by Gasteiger charge is -2.47. The van der Waals surface area contributed by atoms with Gasteiger partial charge in [-0.25, -0.2) is 4.79 Å². The summed E-state index contributed by atoms with van der Waals surface area (Å²) in [4.78, 5) is 40.2. The number of fused-ring (bicyclic) bond motifs is 1. The van der Waals surface area contributed by atoms with Crippen LogP contribution >= 0.6 is 11.3 Å². The van der Waals surface area contributed by atoms with Crippen LogP contribution in [0.2, 0.25) is 0 Å². The van der Waals surface area contributed by atoms with Gasteiger partial charge >= 0.3 is 11.9 Å². The number of allylic oxidation sites excluding steroid dienone is 1. The molecule has 8 nitrogen and oxygen atoms in total. The van der Waals surface area contributed by atoms with Crippen LogP contribution < -0.4 is 10.2 Å². The van der Waals surface area contributed by atoms with Crippen molar-refractivity contribution in [1.29, 1.82) is 0 Å². The monoisotopic (exact) mass is 486 g/mol. The Morgan fingerprint density at radius 2 is 2.12 bits per heavy atom. The molecule has 182 valence electrons. The fourth-order valence-electron chi connectivity index (χ4n) is 5.17. The number of thiophene rings is 1. The highest BCUT2D eigenvalue weighted by Crippen LogP contribution is 2.53. The Labute approximate surface area is 203 Å². The Kier molecular flexibility index (Phi) is 6.97. The minimum Gasteiger partial charge on any atom is -0.481 e. The molecular weight excluding hydrogens is 456 g/mol. The van der Waals surface area contributed by atoms with Gasteiger partial charge in [-0.15, -0.1) is 11.3 Å². The summed E-state index contributed by atoms with van der Waals surface area (Å²) in [5.41, 5.74) is 0.997. The number of hydrogen-bond donors (Lipinski definition) is 2. The van der Waals surface area contributed by atoms with E-state index in [9.17, 15) is 14.7 Å². The van der Waals surface area contributed by atoms with Crippen molar-refractivity contribution in [3.8, 4) is 5.75 Å². The summed E-state index contributed by atoms with van der Waals surface area (Å²) in [5, 5.41) is 16.1. The molecule has 1 aromatic heterocycles. The molecule has 9 heteroatoms. The largest absolute Gasteiger partial charge is 0.481 e. The molecular formula is C25H30N2O6S. The lowest BCUT2D eigenvalue weighted by Crippen LogP contribution is -2.57. The number of carbonyl (C=O) groups excluding carboxylic acids is 1. The SMILES string of the molecule is COC(=O)C1=C(C)NC(C)C(CCN(C)Cc2cccs2)(C(=O)O)C1c1cccc2c1OOC2. The third-order valence-electron chi connectivity index (χ3n) is 6.92. The van der Waals surface area contributed by atoms with E-state index in [0.717, 1.165) is 12.1 Å². The molecule has 3 heterocycles. The summed E-state index contributed by atoms with van der Waals surface area (Å²) in [6, 6.07) is 9.15. The zero-order valence-corrected chi connectivity index (χ0v) is 20.6. The van der Waals surface area contributed by atoms with Crippen LogP contribution in [0.5, 0.6) is 5.75 Å². The average molecular weight is 487 g/mol. The highest BCUT2D eigenvalue weighted by atomic mass is 32.1. The Morgan fingerprint density at radius 3 is 2.79 bits per heavy atom. The number of benzene rings is 1. The second-order valence-corrected chi connectivity index (χ2v) is 9.96. The molecule has 2 N–H and O–H groups in total. The van der Waals surface area contributed by atoms with Crippen molar-refractivity contribution >= 4 is 23.3 Å². The number of carboxylic acids is 1. The van der Waals surface area contributed by atoms with Crippen LogP contribution in [0, 0.1) is 5.41 Å². The second kappa shape index (κ2) is 9.77. The number of para-hydroxylation sites is 1. The van der Waals surface area contributed by atoms with Crippen molar-refractivity contribution in [2.45, 2.75) is 45.4 Å². The smallest absolute Gasteiger partial charge is 0.336 e. The lowest BCUT2D eigenvalue weighted by molar-refractivity contribution is -0.195. The zero-order chi connectivity index (χ0) is 24.5. The first-order valence-electron chi connectivity index (χ1n) is 11.2. The molecule has 0 saturated carbocycles. The molecule has 2 aromatic rings. The van der Waals surface area contributed by atoms with E-state index in [0.29, 0.717) is 35.5 Å². The fourth-order valence-corrected chi connectivity index (χ4v) is 5.95. The summed E-state index contributed by atoms with van der Waals surface area (Å²) >= 11 is 1.67. The number of ether oxygens (including phenoxy) is 1. The number of aliphatic carboxylic acids is 1. The first kappa shape index (κ1) is 24.3. The molecule has 34 heavy (non-hydrogen) atoms. The van der Waals surface area contributed by atoms with Crippen LogP contribution in [0.25, 0.3) is 0 Å². The van der Waals surface area contributed by atoms with Crippen LogP contribution in [-0.4, -0.2) is 48.7 Å².